The molecule has 0 aliphatic carbocycles. The Morgan fingerprint density at radius 1 is 1.35 bits per heavy atom. The SMILES string of the molecule is CC(/C=C/COC(=O)CBr)=C\c1ccccc1. The van der Waals surface area contributed by atoms with Crippen LogP contribution in [0.1, 0.15) is 12.5 Å². The zero-order chi connectivity index (χ0) is 12.5. The fourth-order valence-electron chi connectivity index (χ4n) is 1.27. The lowest BCUT2D eigenvalue weighted by molar-refractivity contribution is -0.139. The average molecular weight is 295 g/mol. The average Bonchev–Trinajstić information content (AvgIpc) is 2.35. The standard InChI is InChI=1S/C14H15BrO2/c1-12(6-5-9-17-14(16)11-15)10-13-7-3-2-4-8-13/h2-8,10H,9,11H2,1H3/b6-5+,12-10+. The second-order valence-corrected chi connectivity index (χ2v) is 4.08. The number of carbonyl (C=O) groups excluding carboxylic acids is 1. The summed E-state index contributed by atoms with van der Waals surface area (Å²) in [6, 6.07) is 10.1. The van der Waals surface area contributed by atoms with Gasteiger partial charge in [-0.15, -0.1) is 0 Å². The van der Waals surface area contributed by atoms with Crippen LogP contribution in [-0.4, -0.2) is 17.9 Å². The first kappa shape index (κ1) is 13.7. The van der Waals surface area contributed by atoms with Crippen LogP contribution in [0.2, 0.25) is 0 Å². The van der Waals surface area contributed by atoms with Crippen molar-refractivity contribution in [1.82, 2.24) is 0 Å². The van der Waals surface area contributed by atoms with Gasteiger partial charge in [0, 0.05) is 0 Å². The van der Waals surface area contributed by atoms with E-state index < -0.39 is 0 Å². The van der Waals surface area contributed by atoms with Gasteiger partial charge >= 0.3 is 5.97 Å². The van der Waals surface area contributed by atoms with Crippen molar-refractivity contribution in [2.45, 2.75) is 6.92 Å². The van der Waals surface area contributed by atoms with Crippen LogP contribution >= 0.6 is 15.9 Å². The molecule has 0 spiro atoms. The maximum absolute atomic E-state index is 10.8. The predicted octanol–water partition coefficient (Wildman–Crippen LogP) is 3.58. The largest absolute Gasteiger partial charge is 0.461 e. The molecule has 0 N–H and O–H groups in total. The Kier molecular flexibility index (Phi) is 6.33. The molecular weight excluding hydrogens is 280 g/mol. The second-order valence-electron chi connectivity index (χ2n) is 3.52. The van der Waals surface area contributed by atoms with Crippen molar-refractivity contribution in [2.24, 2.45) is 0 Å². The summed E-state index contributed by atoms with van der Waals surface area (Å²) < 4.78 is 4.89. The summed E-state index contributed by atoms with van der Waals surface area (Å²) in [5.41, 5.74) is 2.28. The van der Waals surface area contributed by atoms with Crippen LogP contribution in [-0.2, 0) is 9.53 Å². The van der Waals surface area contributed by atoms with Crippen LogP contribution in [0, 0.1) is 0 Å². The fourth-order valence-corrected chi connectivity index (χ4v) is 1.44. The first-order chi connectivity index (χ1) is 8.22. The van der Waals surface area contributed by atoms with Crippen molar-refractivity contribution >= 4 is 28.0 Å². The number of halogens is 1. The molecule has 0 unspecified atom stereocenters. The summed E-state index contributed by atoms with van der Waals surface area (Å²) in [5, 5.41) is 0.236. The summed E-state index contributed by atoms with van der Waals surface area (Å²) in [6.07, 6.45) is 5.84. The van der Waals surface area contributed by atoms with E-state index in [9.17, 15) is 4.79 Å². The van der Waals surface area contributed by atoms with Crippen molar-refractivity contribution in [3.05, 3.63) is 53.6 Å². The number of benzene rings is 1. The van der Waals surface area contributed by atoms with Crippen LogP contribution in [0.5, 0.6) is 0 Å². The Hall–Kier alpha value is -1.35. The van der Waals surface area contributed by atoms with Gasteiger partial charge in [-0.05, 0) is 18.6 Å². The van der Waals surface area contributed by atoms with Crippen LogP contribution in [0.15, 0.2) is 48.1 Å². The third kappa shape index (κ3) is 6.07. The molecule has 90 valence electrons. The predicted molar refractivity (Wildman–Crippen MR) is 74.0 cm³/mol. The first-order valence-electron chi connectivity index (χ1n) is 5.34. The molecule has 0 aliphatic rings. The van der Waals surface area contributed by atoms with Gasteiger partial charge in [0.2, 0.25) is 0 Å². The molecule has 0 heterocycles. The monoisotopic (exact) mass is 294 g/mol. The number of ether oxygens (including phenoxy) is 1. The number of hydrogen-bond donors (Lipinski definition) is 0. The first-order valence-corrected chi connectivity index (χ1v) is 6.46. The maximum atomic E-state index is 10.8. The molecule has 3 heteroatoms. The molecule has 17 heavy (non-hydrogen) atoms. The molecule has 0 bridgehead atoms. The van der Waals surface area contributed by atoms with Gasteiger partial charge in [0.15, 0.2) is 0 Å². The van der Waals surface area contributed by atoms with E-state index in [0.717, 1.165) is 11.1 Å². The van der Waals surface area contributed by atoms with E-state index >= 15 is 0 Å². The fraction of sp³-hybridized carbons (Fsp3) is 0.214. The molecule has 0 aliphatic heterocycles. The summed E-state index contributed by atoms with van der Waals surface area (Å²) in [5.74, 6) is -0.251. The van der Waals surface area contributed by atoms with Crippen LogP contribution in [0.25, 0.3) is 6.08 Å². The Morgan fingerprint density at radius 2 is 2.06 bits per heavy atom. The van der Waals surface area contributed by atoms with Gasteiger partial charge in [-0.1, -0.05) is 64.0 Å². The number of rotatable bonds is 5. The lowest BCUT2D eigenvalue weighted by Crippen LogP contribution is -2.04. The lowest BCUT2D eigenvalue weighted by atomic mass is 10.1. The summed E-state index contributed by atoms with van der Waals surface area (Å²) in [7, 11) is 0. The van der Waals surface area contributed by atoms with E-state index in [2.05, 4.69) is 22.0 Å². The van der Waals surface area contributed by atoms with E-state index in [0.29, 0.717) is 6.61 Å². The highest BCUT2D eigenvalue weighted by Gasteiger charge is 1.95. The van der Waals surface area contributed by atoms with Crippen LogP contribution in [0.4, 0.5) is 0 Å². The van der Waals surface area contributed by atoms with Crippen molar-refractivity contribution < 1.29 is 9.53 Å². The van der Waals surface area contributed by atoms with Gasteiger partial charge in [0.1, 0.15) is 11.9 Å². The second kappa shape index (κ2) is 7.85. The van der Waals surface area contributed by atoms with Gasteiger partial charge in [-0.25, -0.2) is 0 Å². The maximum Gasteiger partial charge on any atom is 0.316 e. The van der Waals surface area contributed by atoms with Crippen LogP contribution < -0.4 is 0 Å². The minimum absolute atomic E-state index is 0.236. The third-order valence-electron chi connectivity index (χ3n) is 2.02. The molecule has 0 radical (unpaired) electrons. The highest BCUT2D eigenvalue weighted by atomic mass is 79.9. The molecular formula is C14H15BrO2. The van der Waals surface area contributed by atoms with E-state index in [4.69, 9.17) is 4.74 Å². The lowest BCUT2D eigenvalue weighted by Gasteiger charge is -1.97. The Bertz CT molecular complexity index is 407. The Balaban J connectivity index is 2.43. The van der Waals surface area contributed by atoms with E-state index in [1.807, 2.05) is 49.4 Å². The molecule has 1 rings (SSSR count). The number of allylic oxidation sites excluding steroid dienone is 2. The number of esters is 1. The van der Waals surface area contributed by atoms with E-state index in [-0.39, 0.29) is 11.3 Å². The minimum Gasteiger partial charge on any atom is -0.461 e. The van der Waals surface area contributed by atoms with Crippen molar-refractivity contribution in [3.8, 4) is 0 Å². The van der Waals surface area contributed by atoms with Gasteiger partial charge in [-0.3, -0.25) is 4.79 Å². The molecule has 0 saturated heterocycles. The van der Waals surface area contributed by atoms with E-state index in [1.165, 1.54) is 0 Å². The number of alkyl halides is 1. The molecule has 0 atom stereocenters. The summed E-state index contributed by atoms with van der Waals surface area (Å²) >= 11 is 3.03. The molecule has 0 amide bonds. The van der Waals surface area contributed by atoms with Gasteiger partial charge in [0.25, 0.3) is 0 Å². The Labute approximate surface area is 110 Å². The highest BCUT2D eigenvalue weighted by Crippen LogP contribution is 2.06. The number of carbonyl (C=O) groups is 1. The van der Waals surface area contributed by atoms with Gasteiger partial charge in [-0.2, -0.15) is 0 Å². The normalized spacial score (nSPS) is 11.8. The third-order valence-corrected chi connectivity index (χ3v) is 2.48. The molecule has 1 aromatic carbocycles. The Morgan fingerprint density at radius 3 is 2.71 bits per heavy atom. The zero-order valence-corrected chi connectivity index (χ0v) is 11.3. The smallest absolute Gasteiger partial charge is 0.316 e. The van der Waals surface area contributed by atoms with Crippen molar-refractivity contribution in [3.63, 3.8) is 0 Å². The molecule has 1 aromatic rings. The molecule has 0 aromatic heterocycles. The minimum atomic E-state index is -0.251. The van der Waals surface area contributed by atoms with Gasteiger partial charge < -0.3 is 4.74 Å². The van der Waals surface area contributed by atoms with E-state index in [1.54, 1.807) is 0 Å². The number of hydrogen-bond acceptors (Lipinski definition) is 2. The zero-order valence-electron chi connectivity index (χ0n) is 9.73. The molecule has 0 saturated carbocycles. The molecule has 0 fully saturated rings. The molecule has 2 nitrogen and oxygen atoms in total. The van der Waals surface area contributed by atoms with Gasteiger partial charge in [0.05, 0.1) is 0 Å². The summed E-state index contributed by atoms with van der Waals surface area (Å²) in [6.45, 7) is 2.32. The summed E-state index contributed by atoms with van der Waals surface area (Å²) in [4.78, 5) is 10.8. The topological polar surface area (TPSA) is 26.3 Å². The highest BCUT2D eigenvalue weighted by molar-refractivity contribution is 9.09. The quantitative estimate of drug-likeness (QED) is 0.471. The van der Waals surface area contributed by atoms with Crippen LogP contribution in [0.3, 0.4) is 0 Å². The van der Waals surface area contributed by atoms with Crippen molar-refractivity contribution in [2.75, 3.05) is 11.9 Å². The van der Waals surface area contributed by atoms with Crippen molar-refractivity contribution in [1.29, 1.82) is 0 Å².